The number of carbonyl (C=O) groups excluding carboxylic acids is 1. The summed E-state index contributed by atoms with van der Waals surface area (Å²) in [6.45, 7) is 7.73. The van der Waals surface area contributed by atoms with Crippen LogP contribution in [0.15, 0.2) is 24.3 Å². The molecule has 3 nitrogen and oxygen atoms in total. The molecule has 2 bridgehead atoms. The molecule has 4 heteroatoms. The fourth-order valence-electron chi connectivity index (χ4n) is 5.07. The van der Waals surface area contributed by atoms with Crippen LogP contribution in [0.1, 0.15) is 50.5 Å². The first-order valence-corrected chi connectivity index (χ1v) is 8.34. The number of nitrogens with one attached hydrogen (secondary N) is 1. The van der Waals surface area contributed by atoms with Crippen LogP contribution in [0.25, 0.3) is 10.9 Å². The number of benzene rings is 1. The number of halogens is 1. The van der Waals surface area contributed by atoms with Gasteiger partial charge in [0.05, 0.1) is 0 Å². The summed E-state index contributed by atoms with van der Waals surface area (Å²) < 4.78 is 13.4. The second kappa shape index (κ2) is 4.59. The van der Waals surface area contributed by atoms with Gasteiger partial charge in [-0.2, -0.15) is 0 Å². The third kappa shape index (κ3) is 2.44. The Balaban J connectivity index is 1.66. The predicted octanol–water partition coefficient (Wildman–Crippen LogP) is 4.35. The molecule has 2 aromatic rings. The van der Waals surface area contributed by atoms with Crippen molar-refractivity contribution in [1.82, 2.24) is 9.88 Å². The molecule has 23 heavy (non-hydrogen) atoms. The minimum absolute atomic E-state index is 0.0491. The van der Waals surface area contributed by atoms with Gasteiger partial charge in [0.15, 0.2) is 0 Å². The van der Waals surface area contributed by atoms with E-state index in [-0.39, 0.29) is 22.6 Å². The molecule has 1 saturated heterocycles. The average molecular weight is 314 g/mol. The molecule has 1 aliphatic heterocycles. The van der Waals surface area contributed by atoms with Gasteiger partial charge < -0.3 is 9.88 Å². The Bertz CT molecular complexity index is 794. The number of carbonyl (C=O) groups is 1. The van der Waals surface area contributed by atoms with Crippen LogP contribution in [0.3, 0.4) is 0 Å². The van der Waals surface area contributed by atoms with Gasteiger partial charge in [-0.05, 0) is 54.4 Å². The highest BCUT2D eigenvalue weighted by Crippen LogP contribution is 2.52. The third-order valence-electron chi connectivity index (χ3n) is 5.49. The van der Waals surface area contributed by atoms with Crippen molar-refractivity contribution in [2.45, 2.75) is 46.1 Å². The lowest BCUT2D eigenvalue weighted by molar-refractivity contribution is 0.0703. The maximum atomic E-state index is 13.4. The molecule has 1 N–H and O–H groups in total. The van der Waals surface area contributed by atoms with Gasteiger partial charge in [0.2, 0.25) is 0 Å². The zero-order chi connectivity index (χ0) is 16.4. The largest absolute Gasteiger partial charge is 0.351 e. The van der Waals surface area contributed by atoms with Crippen LogP contribution in [-0.4, -0.2) is 28.4 Å². The number of hydrogen-bond acceptors (Lipinski definition) is 1. The lowest BCUT2D eigenvalue weighted by atomic mass is 9.65. The highest BCUT2D eigenvalue weighted by atomic mass is 19.1. The van der Waals surface area contributed by atoms with Crippen LogP contribution in [-0.2, 0) is 0 Å². The molecule has 0 radical (unpaired) electrons. The van der Waals surface area contributed by atoms with Crippen LogP contribution in [0, 0.1) is 16.6 Å². The van der Waals surface area contributed by atoms with Gasteiger partial charge in [-0.15, -0.1) is 0 Å². The van der Waals surface area contributed by atoms with E-state index in [1.54, 1.807) is 12.1 Å². The number of rotatable bonds is 1. The highest BCUT2D eigenvalue weighted by Gasteiger charge is 2.51. The molecule has 1 aliphatic carbocycles. The Morgan fingerprint density at radius 2 is 2.04 bits per heavy atom. The number of nitrogens with zero attached hydrogens (tertiary/aromatic N) is 1. The Labute approximate surface area is 135 Å². The number of aromatic nitrogens is 1. The standard InChI is InChI=1S/C19H23FN2O/c1-18(2)8-14-9-19(3,10-18)11-22(14)17(23)16-7-12-6-13(20)4-5-15(12)21-16/h4-7,14,21H,8-11H2,1-3H3/t14-,19+/m0/s1. The van der Waals surface area contributed by atoms with Crippen LogP contribution < -0.4 is 0 Å². The van der Waals surface area contributed by atoms with Crippen LogP contribution in [0.4, 0.5) is 4.39 Å². The number of hydrogen-bond donors (Lipinski definition) is 1. The van der Waals surface area contributed by atoms with Gasteiger partial charge in [0.25, 0.3) is 5.91 Å². The molecule has 2 atom stereocenters. The number of fused-ring (bicyclic) bond motifs is 3. The second-order valence-corrected chi connectivity index (χ2v) is 8.56. The monoisotopic (exact) mass is 314 g/mol. The first-order chi connectivity index (χ1) is 10.7. The van der Waals surface area contributed by atoms with Crippen molar-refractivity contribution in [2.75, 3.05) is 6.54 Å². The summed E-state index contributed by atoms with van der Waals surface area (Å²) in [4.78, 5) is 18.2. The zero-order valence-electron chi connectivity index (χ0n) is 13.9. The molecule has 1 amide bonds. The number of likely N-dealkylation sites (tertiary alicyclic amines) is 1. The first-order valence-electron chi connectivity index (χ1n) is 8.34. The van der Waals surface area contributed by atoms with Crippen molar-refractivity contribution < 1.29 is 9.18 Å². The van der Waals surface area contributed by atoms with Crippen molar-refractivity contribution in [3.05, 3.63) is 35.8 Å². The SMILES string of the molecule is CC1(C)C[C@H]2C[C@@](C)(CN2C(=O)c2cc3cc(F)ccc3[nH]2)C1. The fourth-order valence-corrected chi connectivity index (χ4v) is 5.07. The van der Waals surface area contributed by atoms with Crippen LogP contribution in [0.5, 0.6) is 0 Å². The molecule has 2 heterocycles. The first kappa shape index (κ1) is 14.7. The summed E-state index contributed by atoms with van der Waals surface area (Å²) in [5.41, 5.74) is 1.89. The van der Waals surface area contributed by atoms with Gasteiger partial charge in [0, 0.05) is 23.5 Å². The number of aromatic amines is 1. The van der Waals surface area contributed by atoms with Gasteiger partial charge in [-0.25, -0.2) is 4.39 Å². The smallest absolute Gasteiger partial charge is 0.270 e. The lowest BCUT2D eigenvalue weighted by Crippen LogP contribution is -2.37. The summed E-state index contributed by atoms with van der Waals surface area (Å²) in [6, 6.07) is 6.67. The van der Waals surface area contributed by atoms with Crippen LogP contribution in [0.2, 0.25) is 0 Å². The molecular formula is C19H23FN2O. The summed E-state index contributed by atoms with van der Waals surface area (Å²) in [6.07, 6.45) is 3.32. The molecule has 1 aromatic carbocycles. The Morgan fingerprint density at radius 3 is 2.83 bits per heavy atom. The molecule has 2 fully saturated rings. The molecule has 2 aliphatic rings. The maximum absolute atomic E-state index is 13.4. The van der Waals surface area contributed by atoms with Gasteiger partial charge in [-0.3, -0.25) is 4.79 Å². The van der Waals surface area contributed by atoms with E-state index >= 15 is 0 Å². The molecule has 1 saturated carbocycles. The maximum Gasteiger partial charge on any atom is 0.270 e. The van der Waals surface area contributed by atoms with Crippen molar-refractivity contribution in [2.24, 2.45) is 10.8 Å². The van der Waals surface area contributed by atoms with Crippen molar-refractivity contribution in [3.63, 3.8) is 0 Å². The van der Waals surface area contributed by atoms with E-state index in [0.29, 0.717) is 11.7 Å². The average Bonchev–Trinajstić information content (AvgIpc) is 2.94. The molecular weight excluding hydrogens is 291 g/mol. The van der Waals surface area contributed by atoms with Crippen LogP contribution >= 0.6 is 0 Å². The second-order valence-electron chi connectivity index (χ2n) is 8.56. The van der Waals surface area contributed by atoms with E-state index < -0.39 is 0 Å². The quantitative estimate of drug-likeness (QED) is 0.834. The molecule has 0 spiro atoms. The normalized spacial score (nSPS) is 29.2. The van der Waals surface area contributed by atoms with Crippen molar-refractivity contribution in [1.29, 1.82) is 0 Å². The fraction of sp³-hybridized carbons (Fsp3) is 0.526. The van der Waals surface area contributed by atoms with Crippen molar-refractivity contribution >= 4 is 16.8 Å². The summed E-state index contributed by atoms with van der Waals surface area (Å²) in [5.74, 6) is -0.227. The lowest BCUT2D eigenvalue weighted by Gasteiger charge is -2.39. The molecule has 4 rings (SSSR count). The third-order valence-corrected chi connectivity index (χ3v) is 5.49. The Hall–Kier alpha value is -1.84. The number of H-pyrrole nitrogens is 1. The summed E-state index contributed by atoms with van der Waals surface area (Å²) in [7, 11) is 0. The van der Waals surface area contributed by atoms with E-state index in [4.69, 9.17) is 0 Å². The zero-order valence-corrected chi connectivity index (χ0v) is 13.9. The topological polar surface area (TPSA) is 36.1 Å². The van der Waals surface area contributed by atoms with Gasteiger partial charge in [-0.1, -0.05) is 20.8 Å². The van der Waals surface area contributed by atoms with Crippen molar-refractivity contribution in [3.8, 4) is 0 Å². The van der Waals surface area contributed by atoms with Gasteiger partial charge >= 0.3 is 0 Å². The molecule has 122 valence electrons. The minimum atomic E-state index is -0.276. The summed E-state index contributed by atoms with van der Waals surface area (Å²) in [5, 5.41) is 0.752. The molecule has 0 unspecified atom stereocenters. The van der Waals surface area contributed by atoms with Gasteiger partial charge in [0.1, 0.15) is 11.5 Å². The molecule has 1 aromatic heterocycles. The highest BCUT2D eigenvalue weighted by molar-refractivity contribution is 5.98. The number of amides is 1. The van der Waals surface area contributed by atoms with E-state index in [1.807, 2.05) is 4.90 Å². The predicted molar refractivity (Wildman–Crippen MR) is 88.8 cm³/mol. The Morgan fingerprint density at radius 1 is 1.26 bits per heavy atom. The van der Waals surface area contributed by atoms with E-state index in [0.717, 1.165) is 36.7 Å². The van der Waals surface area contributed by atoms with E-state index in [1.165, 1.54) is 12.1 Å². The van der Waals surface area contributed by atoms with E-state index in [2.05, 4.69) is 25.8 Å². The summed E-state index contributed by atoms with van der Waals surface area (Å²) >= 11 is 0. The minimum Gasteiger partial charge on any atom is -0.351 e. The Kier molecular flexibility index (Phi) is 2.94. The van der Waals surface area contributed by atoms with E-state index in [9.17, 15) is 9.18 Å².